The van der Waals surface area contributed by atoms with Gasteiger partial charge in [0.2, 0.25) is 0 Å². The van der Waals surface area contributed by atoms with Gasteiger partial charge in [-0.25, -0.2) is 0 Å². The molecule has 1 rings (SSSR count). The van der Waals surface area contributed by atoms with Gasteiger partial charge < -0.3 is 10.5 Å². The number of carbonyl (C=O) groups excluding carboxylic acids is 1. The molecule has 0 bridgehead atoms. The fraction of sp³-hybridized carbons (Fsp3) is 0.533. The first-order valence-corrected chi connectivity index (χ1v) is 7.68. The zero-order valence-electron chi connectivity index (χ0n) is 11.8. The van der Waals surface area contributed by atoms with Gasteiger partial charge in [0.25, 0.3) is 0 Å². The Hall–Kier alpha value is -1.00. The summed E-state index contributed by atoms with van der Waals surface area (Å²) in [5, 5.41) is 0.201. The Morgan fingerprint density at radius 3 is 2.47 bits per heavy atom. The third-order valence-electron chi connectivity index (χ3n) is 2.89. The van der Waals surface area contributed by atoms with E-state index in [0.29, 0.717) is 18.3 Å². The van der Waals surface area contributed by atoms with Crippen LogP contribution in [0.15, 0.2) is 30.3 Å². The van der Waals surface area contributed by atoms with Gasteiger partial charge in [0.1, 0.15) is 0 Å². The molecule has 2 atom stereocenters. The molecule has 0 aliphatic heterocycles. The molecule has 19 heavy (non-hydrogen) atoms. The van der Waals surface area contributed by atoms with Crippen LogP contribution in [0.2, 0.25) is 0 Å². The largest absolute Gasteiger partial charge is 0.465 e. The molecule has 0 aromatic heterocycles. The van der Waals surface area contributed by atoms with E-state index >= 15 is 0 Å². The van der Waals surface area contributed by atoms with Gasteiger partial charge in [0.05, 0.1) is 12.4 Å². The average Bonchev–Trinajstić information content (AvgIpc) is 2.39. The number of ether oxygens (including phenoxy) is 1. The number of benzene rings is 1. The van der Waals surface area contributed by atoms with E-state index < -0.39 is 0 Å². The monoisotopic (exact) mass is 281 g/mol. The Kier molecular flexibility index (Phi) is 6.95. The highest BCUT2D eigenvalue weighted by Crippen LogP contribution is 2.30. The van der Waals surface area contributed by atoms with E-state index in [1.54, 1.807) is 11.8 Å². The summed E-state index contributed by atoms with van der Waals surface area (Å²) in [6.45, 7) is 6.51. The molecule has 0 spiro atoms. The van der Waals surface area contributed by atoms with Crippen molar-refractivity contribution in [3.8, 4) is 0 Å². The molecule has 0 radical (unpaired) electrons. The first-order valence-electron chi connectivity index (χ1n) is 6.64. The smallest absolute Gasteiger partial charge is 0.315 e. The van der Waals surface area contributed by atoms with Gasteiger partial charge in [-0.05, 0) is 18.4 Å². The van der Waals surface area contributed by atoms with Gasteiger partial charge in [-0.15, -0.1) is 11.8 Å². The molecule has 106 valence electrons. The molecule has 1 aromatic rings. The van der Waals surface area contributed by atoms with Crippen LogP contribution in [-0.4, -0.2) is 23.6 Å². The van der Waals surface area contributed by atoms with E-state index in [4.69, 9.17) is 10.5 Å². The predicted molar refractivity (Wildman–Crippen MR) is 81.1 cm³/mol. The molecule has 0 aliphatic rings. The van der Waals surface area contributed by atoms with Crippen molar-refractivity contribution in [2.75, 3.05) is 12.4 Å². The molecule has 0 heterocycles. The van der Waals surface area contributed by atoms with Gasteiger partial charge >= 0.3 is 5.97 Å². The normalized spacial score (nSPS) is 14.2. The second-order valence-electron chi connectivity index (χ2n) is 4.76. The van der Waals surface area contributed by atoms with E-state index in [-0.39, 0.29) is 17.3 Å². The summed E-state index contributed by atoms with van der Waals surface area (Å²) in [5.74, 6) is 0.588. The van der Waals surface area contributed by atoms with Gasteiger partial charge in [0.15, 0.2) is 0 Å². The Balaban J connectivity index is 2.64. The van der Waals surface area contributed by atoms with Gasteiger partial charge in [-0.1, -0.05) is 44.2 Å². The average molecular weight is 281 g/mol. The zero-order chi connectivity index (χ0) is 14.3. The Labute approximate surface area is 119 Å². The molecule has 0 saturated carbocycles. The molecule has 2 unspecified atom stereocenters. The molecule has 4 heteroatoms. The zero-order valence-corrected chi connectivity index (χ0v) is 12.7. The van der Waals surface area contributed by atoms with E-state index in [2.05, 4.69) is 13.8 Å². The summed E-state index contributed by atoms with van der Waals surface area (Å²) in [4.78, 5) is 11.4. The fourth-order valence-corrected chi connectivity index (χ4v) is 3.10. The summed E-state index contributed by atoms with van der Waals surface area (Å²) in [5.41, 5.74) is 7.44. The third kappa shape index (κ3) is 5.25. The van der Waals surface area contributed by atoms with Gasteiger partial charge in [-0.2, -0.15) is 0 Å². The maximum absolute atomic E-state index is 11.4. The maximum Gasteiger partial charge on any atom is 0.315 e. The lowest BCUT2D eigenvalue weighted by Gasteiger charge is -2.27. The Morgan fingerprint density at radius 1 is 1.32 bits per heavy atom. The van der Waals surface area contributed by atoms with Crippen LogP contribution >= 0.6 is 11.8 Å². The van der Waals surface area contributed by atoms with Crippen molar-refractivity contribution in [2.45, 2.75) is 32.1 Å². The van der Waals surface area contributed by atoms with Crippen molar-refractivity contribution in [1.29, 1.82) is 0 Å². The molecular formula is C15H23NO2S. The van der Waals surface area contributed by atoms with E-state index in [9.17, 15) is 4.79 Å². The number of thioether (sulfide) groups is 1. The third-order valence-corrected chi connectivity index (χ3v) is 4.52. The molecule has 3 nitrogen and oxygen atoms in total. The summed E-state index contributed by atoms with van der Waals surface area (Å²) in [7, 11) is 0. The van der Waals surface area contributed by atoms with E-state index in [1.807, 2.05) is 37.3 Å². The van der Waals surface area contributed by atoms with Crippen molar-refractivity contribution >= 4 is 17.7 Å². The van der Waals surface area contributed by atoms with Crippen LogP contribution in [0.4, 0.5) is 0 Å². The van der Waals surface area contributed by atoms with Crippen molar-refractivity contribution < 1.29 is 9.53 Å². The highest BCUT2D eigenvalue weighted by atomic mass is 32.2. The van der Waals surface area contributed by atoms with Gasteiger partial charge in [-0.3, -0.25) is 4.79 Å². The topological polar surface area (TPSA) is 52.3 Å². The molecule has 0 fully saturated rings. The SMILES string of the molecule is CCOC(=O)CSC(C(C)C)C(N)c1ccccc1. The lowest BCUT2D eigenvalue weighted by Crippen LogP contribution is -2.29. The van der Waals surface area contributed by atoms with Crippen molar-refractivity contribution in [1.82, 2.24) is 0 Å². The standard InChI is InChI=1S/C15H23NO2S/c1-4-18-13(17)10-19-15(11(2)3)14(16)12-8-6-5-7-9-12/h5-9,11,14-15H,4,10,16H2,1-3H3. The van der Waals surface area contributed by atoms with Crippen molar-refractivity contribution in [3.05, 3.63) is 35.9 Å². The second-order valence-corrected chi connectivity index (χ2v) is 5.93. The predicted octanol–water partition coefficient (Wildman–Crippen LogP) is 3.01. The quantitative estimate of drug-likeness (QED) is 0.781. The number of rotatable bonds is 7. The number of hydrogen-bond acceptors (Lipinski definition) is 4. The van der Waals surface area contributed by atoms with E-state index in [1.165, 1.54) is 0 Å². The van der Waals surface area contributed by atoms with Crippen LogP contribution in [0, 0.1) is 5.92 Å². The highest BCUT2D eigenvalue weighted by molar-refractivity contribution is 8.00. The molecule has 0 amide bonds. The van der Waals surface area contributed by atoms with Crippen LogP contribution in [0.5, 0.6) is 0 Å². The van der Waals surface area contributed by atoms with Crippen molar-refractivity contribution in [2.24, 2.45) is 11.7 Å². The first kappa shape index (κ1) is 16.1. The Morgan fingerprint density at radius 2 is 1.95 bits per heavy atom. The summed E-state index contributed by atoms with van der Waals surface area (Å²) >= 11 is 1.58. The minimum atomic E-state index is -0.168. The summed E-state index contributed by atoms with van der Waals surface area (Å²) in [6, 6.07) is 9.95. The lowest BCUT2D eigenvalue weighted by molar-refractivity contribution is -0.139. The summed E-state index contributed by atoms with van der Waals surface area (Å²) in [6.07, 6.45) is 0. The number of nitrogens with two attached hydrogens (primary N) is 1. The van der Waals surface area contributed by atoms with Gasteiger partial charge in [0, 0.05) is 11.3 Å². The summed E-state index contributed by atoms with van der Waals surface area (Å²) < 4.78 is 4.96. The van der Waals surface area contributed by atoms with Crippen LogP contribution < -0.4 is 5.73 Å². The molecular weight excluding hydrogens is 258 g/mol. The number of hydrogen-bond donors (Lipinski definition) is 1. The highest BCUT2D eigenvalue weighted by Gasteiger charge is 2.24. The Bertz CT molecular complexity index is 381. The van der Waals surface area contributed by atoms with Crippen LogP contribution in [0.3, 0.4) is 0 Å². The van der Waals surface area contributed by atoms with E-state index in [0.717, 1.165) is 5.56 Å². The minimum absolute atomic E-state index is 0.0689. The molecule has 0 aliphatic carbocycles. The molecule has 1 aromatic carbocycles. The van der Waals surface area contributed by atoms with Crippen molar-refractivity contribution in [3.63, 3.8) is 0 Å². The van der Waals surface area contributed by atoms with Crippen LogP contribution in [-0.2, 0) is 9.53 Å². The molecule has 2 N–H and O–H groups in total. The van der Waals surface area contributed by atoms with Crippen LogP contribution in [0.25, 0.3) is 0 Å². The minimum Gasteiger partial charge on any atom is -0.465 e. The number of carbonyl (C=O) groups is 1. The molecule has 0 saturated heterocycles. The maximum atomic E-state index is 11.4. The fourth-order valence-electron chi connectivity index (χ4n) is 1.94. The number of esters is 1. The van der Waals surface area contributed by atoms with Crippen LogP contribution in [0.1, 0.15) is 32.4 Å². The first-order chi connectivity index (χ1) is 9.06. The lowest BCUT2D eigenvalue weighted by atomic mass is 9.97. The second kappa shape index (κ2) is 8.23.